The van der Waals surface area contributed by atoms with Crippen LogP contribution in [0.15, 0.2) is 0 Å². The van der Waals surface area contributed by atoms with Crippen LogP contribution >= 0.6 is 0 Å². The Morgan fingerprint density at radius 3 is 1.73 bits per heavy atom. The van der Waals surface area contributed by atoms with Gasteiger partial charge >= 0.3 is 0 Å². The topological polar surface area (TPSA) is 3.24 Å². The first-order valence-electron chi connectivity index (χ1n) is 4.64. The van der Waals surface area contributed by atoms with Gasteiger partial charge in [0.05, 0.1) is 0 Å². The molecule has 0 aliphatic rings. The van der Waals surface area contributed by atoms with Gasteiger partial charge in [-0.15, -0.1) is 0 Å². The second-order valence-electron chi connectivity index (χ2n) is 4.00. The van der Waals surface area contributed by atoms with Crippen molar-refractivity contribution in [1.29, 1.82) is 0 Å². The molecule has 2 heteroatoms. The molecule has 0 radical (unpaired) electrons. The van der Waals surface area contributed by atoms with Crippen LogP contribution in [0.25, 0.3) is 0 Å². The minimum atomic E-state index is 0.628. The zero-order chi connectivity index (χ0) is 9.07. The number of hydrogen-bond donors (Lipinski definition) is 0. The van der Waals surface area contributed by atoms with Crippen LogP contribution in [0.3, 0.4) is 0 Å². The maximum Gasteiger partial charge on any atom is 0.0126 e. The van der Waals surface area contributed by atoms with Crippen molar-refractivity contribution in [3.63, 3.8) is 0 Å². The highest BCUT2D eigenvalue weighted by Gasteiger charge is 2.28. The molecule has 0 aromatic rings. The van der Waals surface area contributed by atoms with Crippen molar-refractivity contribution in [2.24, 2.45) is 0 Å². The minimum Gasteiger partial charge on any atom is -0.306 e. The van der Waals surface area contributed by atoms with Crippen LogP contribution in [-0.4, -0.2) is 35.3 Å². The van der Waals surface area contributed by atoms with E-state index in [2.05, 4.69) is 39.8 Å². The highest BCUT2D eigenvalue weighted by atomic mass is 28.1. The first-order chi connectivity index (χ1) is 4.98. The summed E-state index contributed by atoms with van der Waals surface area (Å²) in [6.07, 6.45) is 2.66. The van der Waals surface area contributed by atoms with E-state index in [1.807, 2.05) is 0 Å². The van der Waals surface area contributed by atoms with Gasteiger partial charge in [-0.25, -0.2) is 0 Å². The van der Waals surface area contributed by atoms with Gasteiger partial charge in [0.2, 0.25) is 0 Å². The molecule has 0 fully saturated rings. The molecule has 0 aliphatic heterocycles. The van der Waals surface area contributed by atoms with Crippen LogP contribution in [0.5, 0.6) is 0 Å². The fourth-order valence-corrected chi connectivity index (χ4v) is 1.98. The third-order valence-corrected chi connectivity index (χ3v) is 5.65. The van der Waals surface area contributed by atoms with Crippen LogP contribution < -0.4 is 0 Å². The van der Waals surface area contributed by atoms with Crippen LogP contribution in [0, 0.1) is 0 Å². The summed E-state index contributed by atoms with van der Waals surface area (Å²) in [6, 6.07) is 0.740. The molecule has 0 aliphatic carbocycles. The summed E-state index contributed by atoms with van der Waals surface area (Å²) < 4.78 is 0. The average molecular weight is 173 g/mol. The molecular weight excluding hydrogens is 150 g/mol. The monoisotopic (exact) mass is 173 g/mol. The standard InChI is InChI=1S/C9H23NSi/c1-6-9(11,7-2)8(3)10(4)5/h8H,6-7H2,1-5,11H3. The van der Waals surface area contributed by atoms with Gasteiger partial charge in [0.15, 0.2) is 0 Å². The summed E-state index contributed by atoms with van der Waals surface area (Å²) >= 11 is 0. The summed E-state index contributed by atoms with van der Waals surface area (Å²) in [5, 5.41) is 0.628. The van der Waals surface area contributed by atoms with Gasteiger partial charge in [0, 0.05) is 16.3 Å². The van der Waals surface area contributed by atoms with Gasteiger partial charge in [-0.1, -0.05) is 26.7 Å². The fourth-order valence-electron chi connectivity index (χ4n) is 1.46. The molecule has 0 aromatic heterocycles. The minimum absolute atomic E-state index is 0.628. The van der Waals surface area contributed by atoms with E-state index in [0.29, 0.717) is 5.04 Å². The fraction of sp³-hybridized carbons (Fsp3) is 1.00. The van der Waals surface area contributed by atoms with E-state index in [9.17, 15) is 0 Å². The third kappa shape index (κ3) is 2.60. The predicted octanol–water partition coefficient (Wildman–Crippen LogP) is 1.28. The zero-order valence-electron chi connectivity index (χ0n) is 8.94. The van der Waals surface area contributed by atoms with Crippen LogP contribution in [0.1, 0.15) is 33.6 Å². The van der Waals surface area contributed by atoms with E-state index in [-0.39, 0.29) is 0 Å². The van der Waals surface area contributed by atoms with E-state index in [0.717, 1.165) is 6.04 Å². The van der Waals surface area contributed by atoms with Gasteiger partial charge in [-0.05, 0) is 26.1 Å². The van der Waals surface area contributed by atoms with E-state index in [4.69, 9.17) is 0 Å². The normalized spacial score (nSPS) is 15.8. The van der Waals surface area contributed by atoms with Crippen LogP contribution in [0.2, 0.25) is 5.04 Å². The summed E-state index contributed by atoms with van der Waals surface area (Å²) in [5.41, 5.74) is 0. The Balaban J connectivity index is 4.24. The molecule has 0 saturated carbocycles. The molecule has 0 heterocycles. The zero-order valence-corrected chi connectivity index (χ0v) is 10.9. The molecule has 68 valence electrons. The Labute approximate surface area is 74.6 Å². The highest BCUT2D eigenvalue weighted by Crippen LogP contribution is 2.36. The van der Waals surface area contributed by atoms with Gasteiger partial charge in [0.1, 0.15) is 0 Å². The summed E-state index contributed by atoms with van der Waals surface area (Å²) in [7, 11) is 5.68. The van der Waals surface area contributed by atoms with Crippen molar-refractivity contribution in [1.82, 2.24) is 4.90 Å². The SMILES string of the molecule is CCC([SiH3])(CC)C(C)N(C)C. The molecule has 1 atom stereocenters. The third-order valence-electron chi connectivity index (χ3n) is 3.40. The first kappa shape index (κ1) is 11.2. The molecule has 0 amide bonds. The molecule has 0 bridgehead atoms. The summed E-state index contributed by atoms with van der Waals surface area (Å²) in [5.74, 6) is 0. The van der Waals surface area contributed by atoms with Gasteiger partial charge in [-0.2, -0.15) is 0 Å². The van der Waals surface area contributed by atoms with E-state index >= 15 is 0 Å². The van der Waals surface area contributed by atoms with Crippen molar-refractivity contribution in [3.05, 3.63) is 0 Å². The molecular formula is C9H23NSi. The molecule has 0 aromatic carbocycles. The van der Waals surface area contributed by atoms with Crippen molar-refractivity contribution in [2.45, 2.75) is 44.7 Å². The Morgan fingerprint density at radius 1 is 1.27 bits per heavy atom. The molecule has 0 saturated heterocycles. The first-order valence-corrected chi connectivity index (χ1v) is 5.64. The molecule has 0 rings (SSSR count). The second-order valence-corrected chi connectivity index (χ2v) is 5.99. The quantitative estimate of drug-likeness (QED) is 0.579. The number of rotatable bonds is 4. The Morgan fingerprint density at radius 2 is 1.64 bits per heavy atom. The molecule has 1 nitrogen and oxygen atoms in total. The van der Waals surface area contributed by atoms with E-state index in [1.165, 1.54) is 23.1 Å². The van der Waals surface area contributed by atoms with Crippen LogP contribution in [-0.2, 0) is 0 Å². The maximum absolute atomic E-state index is 2.35. The van der Waals surface area contributed by atoms with E-state index in [1.54, 1.807) is 0 Å². The van der Waals surface area contributed by atoms with Gasteiger partial charge < -0.3 is 4.90 Å². The smallest absolute Gasteiger partial charge is 0.0126 e. The lowest BCUT2D eigenvalue weighted by atomic mass is 9.93. The second kappa shape index (κ2) is 4.26. The lowest BCUT2D eigenvalue weighted by Crippen LogP contribution is -2.37. The van der Waals surface area contributed by atoms with Crippen molar-refractivity contribution < 1.29 is 0 Å². The summed E-state index contributed by atoms with van der Waals surface area (Å²) in [6.45, 7) is 6.98. The number of nitrogens with zero attached hydrogens (tertiary/aromatic N) is 1. The van der Waals surface area contributed by atoms with Gasteiger partial charge in [-0.3, -0.25) is 0 Å². The highest BCUT2D eigenvalue weighted by molar-refractivity contribution is 6.15. The Hall–Kier alpha value is 0.177. The predicted molar refractivity (Wildman–Crippen MR) is 56.4 cm³/mol. The average Bonchev–Trinajstić information content (AvgIpc) is 2.01. The van der Waals surface area contributed by atoms with Crippen LogP contribution in [0.4, 0.5) is 0 Å². The molecule has 1 unspecified atom stereocenters. The number of hydrogen-bond acceptors (Lipinski definition) is 1. The van der Waals surface area contributed by atoms with Crippen molar-refractivity contribution >= 4 is 10.2 Å². The Bertz CT molecular complexity index is 108. The lowest BCUT2D eigenvalue weighted by molar-refractivity contribution is 0.230. The Kier molecular flexibility index (Phi) is 4.33. The lowest BCUT2D eigenvalue weighted by Gasteiger charge is -2.38. The van der Waals surface area contributed by atoms with Gasteiger partial charge in [0.25, 0.3) is 0 Å². The van der Waals surface area contributed by atoms with Crippen molar-refractivity contribution in [2.75, 3.05) is 14.1 Å². The molecule has 0 spiro atoms. The largest absolute Gasteiger partial charge is 0.306 e. The van der Waals surface area contributed by atoms with E-state index < -0.39 is 0 Å². The maximum atomic E-state index is 2.35. The summed E-state index contributed by atoms with van der Waals surface area (Å²) in [4.78, 5) is 2.35. The molecule has 11 heavy (non-hydrogen) atoms. The molecule has 0 N–H and O–H groups in total. The van der Waals surface area contributed by atoms with Crippen molar-refractivity contribution in [3.8, 4) is 0 Å².